The summed E-state index contributed by atoms with van der Waals surface area (Å²) in [6.07, 6.45) is 0.596. The van der Waals surface area contributed by atoms with E-state index in [1.54, 1.807) is 0 Å². The molecule has 0 aliphatic carbocycles. The Morgan fingerprint density at radius 2 is 2.14 bits per heavy atom. The first kappa shape index (κ1) is 16.3. The summed E-state index contributed by atoms with van der Waals surface area (Å²) in [4.78, 5) is 19.9. The van der Waals surface area contributed by atoms with Gasteiger partial charge < -0.3 is 5.11 Å². The molecule has 1 fully saturated rings. The van der Waals surface area contributed by atoms with Crippen LogP contribution in [0.4, 0.5) is 10.1 Å². The summed E-state index contributed by atoms with van der Waals surface area (Å²) in [6, 6.07) is 2.76. The molecule has 1 heterocycles. The van der Waals surface area contributed by atoms with E-state index >= 15 is 0 Å². The van der Waals surface area contributed by atoms with Crippen molar-refractivity contribution < 1.29 is 27.6 Å². The van der Waals surface area contributed by atoms with E-state index in [1.165, 1.54) is 0 Å². The molecule has 0 spiro atoms. The third-order valence-corrected chi connectivity index (χ3v) is 5.41. The topological polar surface area (TPSA) is 118 Å². The molecule has 8 nitrogen and oxygen atoms in total. The molecule has 1 unspecified atom stereocenters. The molecule has 1 aromatic rings. The van der Waals surface area contributed by atoms with Crippen LogP contribution in [0, 0.1) is 21.8 Å². The van der Waals surface area contributed by atoms with Gasteiger partial charge in [-0.05, 0) is 18.9 Å². The van der Waals surface area contributed by atoms with Crippen LogP contribution in [0.15, 0.2) is 23.1 Å². The summed E-state index contributed by atoms with van der Waals surface area (Å²) in [5.74, 6) is -3.29. The lowest BCUT2D eigenvalue weighted by Gasteiger charge is -2.29. The highest BCUT2D eigenvalue weighted by atomic mass is 32.2. The van der Waals surface area contributed by atoms with E-state index in [9.17, 15) is 27.7 Å². The van der Waals surface area contributed by atoms with Gasteiger partial charge >= 0.3 is 5.97 Å². The molecule has 0 radical (unpaired) electrons. The lowest BCUT2D eigenvalue weighted by Crippen LogP contribution is -2.42. The molecule has 0 bridgehead atoms. The average Bonchev–Trinajstić information content (AvgIpc) is 2.46. The van der Waals surface area contributed by atoms with Crippen LogP contribution in [0.25, 0.3) is 0 Å². The molecular formula is C12H13FN2O6S. The van der Waals surface area contributed by atoms with Crippen LogP contribution >= 0.6 is 0 Å². The molecule has 1 N–H and O–H groups in total. The van der Waals surface area contributed by atoms with E-state index in [2.05, 4.69) is 0 Å². The third kappa shape index (κ3) is 2.92. The average molecular weight is 332 g/mol. The Labute approximate surface area is 125 Å². The molecule has 10 heteroatoms. The van der Waals surface area contributed by atoms with E-state index in [4.69, 9.17) is 5.11 Å². The zero-order valence-electron chi connectivity index (χ0n) is 11.3. The molecule has 0 aromatic heterocycles. The minimum absolute atomic E-state index is 0.00238. The maximum atomic E-state index is 13.9. The minimum Gasteiger partial charge on any atom is -0.481 e. The van der Waals surface area contributed by atoms with Crippen LogP contribution in [0.3, 0.4) is 0 Å². The number of carboxylic acid groups (broad SMARTS) is 1. The minimum atomic E-state index is -4.48. The quantitative estimate of drug-likeness (QED) is 0.654. The van der Waals surface area contributed by atoms with Gasteiger partial charge in [-0.1, -0.05) is 6.07 Å². The summed E-state index contributed by atoms with van der Waals surface area (Å²) in [6.45, 7) is -0.333. The highest BCUT2D eigenvalue weighted by Crippen LogP contribution is 2.31. The number of rotatable bonds is 4. The van der Waals surface area contributed by atoms with Crippen molar-refractivity contribution in [3.63, 3.8) is 0 Å². The SMILES string of the molecule is O=C(O)C1CCCN(S(=O)(=O)c2c(F)cccc2[N+](=O)[O-])C1. The van der Waals surface area contributed by atoms with Crippen molar-refractivity contribution in [2.24, 2.45) is 5.92 Å². The first-order chi connectivity index (χ1) is 10.2. The number of nitro groups is 1. The molecule has 1 atom stereocenters. The Kier molecular flexibility index (Phi) is 4.42. The Morgan fingerprint density at radius 3 is 2.73 bits per heavy atom. The number of carbonyl (C=O) groups is 1. The van der Waals surface area contributed by atoms with Gasteiger partial charge in [0.25, 0.3) is 15.7 Å². The van der Waals surface area contributed by atoms with Crippen LogP contribution in [0.1, 0.15) is 12.8 Å². The van der Waals surface area contributed by atoms with Crippen LogP contribution in [0.5, 0.6) is 0 Å². The smallest absolute Gasteiger partial charge is 0.307 e. The molecule has 120 valence electrons. The van der Waals surface area contributed by atoms with Crippen molar-refractivity contribution in [1.29, 1.82) is 0 Å². The molecule has 1 saturated heterocycles. The second-order valence-electron chi connectivity index (χ2n) is 4.89. The number of benzene rings is 1. The Balaban J connectivity index is 2.47. The molecular weight excluding hydrogens is 319 g/mol. The van der Waals surface area contributed by atoms with E-state index in [0.29, 0.717) is 12.8 Å². The molecule has 1 aliphatic heterocycles. The summed E-state index contributed by atoms with van der Waals surface area (Å²) in [7, 11) is -4.48. The second kappa shape index (κ2) is 5.97. The largest absolute Gasteiger partial charge is 0.481 e. The van der Waals surface area contributed by atoms with Gasteiger partial charge in [0.05, 0.1) is 10.8 Å². The van der Waals surface area contributed by atoms with Crippen LogP contribution in [-0.2, 0) is 14.8 Å². The summed E-state index contributed by atoms with van der Waals surface area (Å²) in [5.41, 5.74) is -0.863. The van der Waals surface area contributed by atoms with Crippen molar-refractivity contribution in [3.05, 3.63) is 34.1 Å². The van der Waals surface area contributed by atoms with Crippen molar-refractivity contribution >= 4 is 21.7 Å². The summed E-state index contributed by atoms with van der Waals surface area (Å²) in [5, 5.41) is 19.9. The summed E-state index contributed by atoms with van der Waals surface area (Å²) >= 11 is 0. The molecule has 1 aromatic carbocycles. The zero-order valence-corrected chi connectivity index (χ0v) is 12.1. The fourth-order valence-corrected chi connectivity index (χ4v) is 4.11. The first-order valence-corrected chi connectivity index (χ1v) is 7.85. The maximum Gasteiger partial charge on any atom is 0.307 e. The highest BCUT2D eigenvalue weighted by Gasteiger charge is 2.38. The predicted octanol–water partition coefficient (Wildman–Crippen LogP) is 1.22. The number of piperidine rings is 1. The van der Waals surface area contributed by atoms with Crippen molar-refractivity contribution in [2.45, 2.75) is 17.7 Å². The van der Waals surface area contributed by atoms with Crippen molar-refractivity contribution in [1.82, 2.24) is 4.31 Å². The van der Waals surface area contributed by atoms with Gasteiger partial charge in [-0.15, -0.1) is 0 Å². The molecule has 22 heavy (non-hydrogen) atoms. The Hall–Kier alpha value is -2.07. The van der Waals surface area contributed by atoms with E-state index < -0.39 is 43.2 Å². The monoisotopic (exact) mass is 332 g/mol. The number of hydrogen-bond donors (Lipinski definition) is 1. The van der Waals surface area contributed by atoms with Gasteiger partial charge in [-0.25, -0.2) is 12.8 Å². The lowest BCUT2D eigenvalue weighted by molar-refractivity contribution is -0.388. The van der Waals surface area contributed by atoms with Gasteiger partial charge in [-0.2, -0.15) is 4.31 Å². The molecule has 2 rings (SSSR count). The van der Waals surface area contributed by atoms with E-state index in [-0.39, 0.29) is 13.1 Å². The van der Waals surface area contributed by atoms with Gasteiger partial charge in [0, 0.05) is 19.2 Å². The lowest BCUT2D eigenvalue weighted by atomic mass is 10.0. The van der Waals surface area contributed by atoms with Gasteiger partial charge in [0.1, 0.15) is 5.82 Å². The number of halogens is 1. The predicted molar refractivity (Wildman–Crippen MR) is 72.2 cm³/mol. The second-order valence-corrected chi connectivity index (χ2v) is 6.76. The standard InChI is InChI=1S/C12H13FN2O6S/c13-9-4-1-5-10(15(18)19)11(9)22(20,21)14-6-2-3-8(7-14)12(16)17/h1,4-5,8H,2-3,6-7H2,(H,16,17). The Bertz CT molecular complexity index is 720. The fourth-order valence-electron chi connectivity index (χ4n) is 2.39. The van der Waals surface area contributed by atoms with Crippen LogP contribution in [-0.4, -0.2) is 41.8 Å². The van der Waals surface area contributed by atoms with Crippen LogP contribution < -0.4 is 0 Å². The Morgan fingerprint density at radius 1 is 1.45 bits per heavy atom. The number of sulfonamides is 1. The maximum absolute atomic E-state index is 13.9. The van der Waals surface area contributed by atoms with E-state index in [1.807, 2.05) is 0 Å². The normalized spacial score (nSPS) is 19.8. The zero-order chi connectivity index (χ0) is 16.5. The number of aliphatic carboxylic acids is 1. The highest BCUT2D eigenvalue weighted by molar-refractivity contribution is 7.89. The fraction of sp³-hybridized carbons (Fsp3) is 0.417. The van der Waals surface area contributed by atoms with Crippen molar-refractivity contribution in [3.8, 4) is 0 Å². The third-order valence-electron chi connectivity index (χ3n) is 3.47. The number of nitrogens with zero attached hydrogens (tertiary/aromatic N) is 2. The number of carboxylic acids is 1. The summed E-state index contributed by atoms with van der Waals surface area (Å²) < 4.78 is 39.7. The molecule has 0 amide bonds. The van der Waals surface area contributed by atoms with Crippen LogP contribution in [0.2, 0.25) is 0 Å². The van der Waals surface area contributed by atoms with Crippen molar-refractivity contribution in [2.75, 3.05) is 13.1 Å². The van der Waals surface area contributed by atoms with Gasteiger partial charge in [0.2, 0.25) is 0 Å². The van der Waals surface area contributed by atoms with E-state index in [0.717, 1.165) is 22.5 Å². The number of hydrogen-bond acceptors (Lipinski definition) is 5. The van der Waals surface area contributed by atoms with Gasteiger partial charge in [-0.3, -0.25) is 14.9 Å². The van der Waals surface area contributed by atoms with Gasteiger partial charge in [0.15, 0.2) is 4.90 Å². The molecule has 1 aliphatic rings. The molecule has 0 saturated carbocycles. The number of nitro benzene ring substituents is 1. The first-order valence-electron chi connectivity index (χ1n) is 6.41.